The molecule has 2 heterocycles. The van der Waals surface area contributed by atoms with Gasteiger partial charge in [0.1, 0.15) is 6.04 Å². The molecule has 0 spiro atoms. The van der Waals surface area contributed by atoms with E-state index in [0.717, 1.165) is 31.2 Å². The van der Waals surface area contributed by atoms with Crippen molar-refractivity contribution in [2.24, 2.45) is 0 Å². The van der Waals surface area contributed by atoms with Crippen molar-refractivity contribution in [3.05, 3.63) is 59.9 Å². The van der Waals surface area contributed by atoms with Crippen LogP contribution in [0.25, 0.3) is 0 Å². The maximum absolute atomic E-state index is 14.3. The zero-order chi connectivity index (χ0) is 25.9. The number of anilines is 1. The second kappa shape index (κ2) is 10.7. The second-order valence-electron chi connectivity index (χ2n) is 11.6. The van der Waals surface area contributed by atoms with Gasteiger partial charge < -0.3 is 15.7 Å². The molecule has 194 valence electrons. The van der Waals surface area contributed by atoms with E-state index < -0.39 is 17.7 Å². The Kier molecular flexibility index (Phi) is 7.81. The lowest BCUT2D eigenvalue weighted by atomic mass is 9.87. The number of hydrogen-bond donors (Lipinski definition) is 3. The molecule has 0 radical (unpaired) electrons. The molecule has 2 amide bonds. The average Bonchev–Trinajstić information content (AvgIpc) is 3.22. The molecule has 36 heavy (non-hydrogen) atoms. The number of hydrogen-bond acceptors (Lipinski definition) is 5. The molecule has 1 saturated heterocycles. The lowest BCUT2D eigenvalue weighted by Gasteiger charge is -2.38. The Bertz CT molecular complexity index is 1040. The van der Waals surface area contributed by atoms with Gasteiger partial charge >= 0.3 is 0 Å². The number of nitrogens with one attached hydrogen (secondary N) is 2. The Labute approximate surface area is 214 Å². The molecule has 3 unspecified atom stereocenters. The Morgan fingerprint density at radius 3 is 2.39 bits per heavy atom. The fourth-order valence-corrected chi connectivity index (χ4v) is 5.38. The first-order valence-corrected chi connectivity index (χ1v) is 13.2. The molecule has 7 nitrogen and oxygen atoms in total. The zero-order valence-corrected chi connectivity index (χ0v) is 22.0. The average molecular weight is 493 g/mol. The van der Waals surface area contributed by atoms with Crippen LogP contribution in [0.5, 0.6) is 0 Å². The van der Waals surface area contributed by atoms with Crippen molar-refractivity contribution in [1.82, 2.24) is 15.6 Å². The summed E-state index contributed by atoms with van der Waals surface area (Å²) < 4.78 is 0. The second-order valence-corrected chi connectivity index (χ2v) is 11.6. The van der Waals surface area contributed by atoms with Crippen LogP contribution in [0.2, 0.25) is 0 Å². The highest BCUT2D eigenvalue weighted by Crippen LogP contribution is 2.34. The van der Waals surface area contributed by atoms with Crippen LogP contribution in [0.3, 0.4) is 0 Å². The van der Waals surface area contributed by atoms with E-state index in [0.29, 0.717) is 17.8 Å². The number of carbonyl (C=O) groups is 2. The van der Waals surface area contributed by atoms with Gasteiger partial charge in [0.15, 0.2) is 0 Å². The minimum atomic E-state index is -0.992. The summed E-state index contributed by atoms with van der Waals surface area (Å²) in [6.45, 7) is 8.58. The lowest BCUT2D eigenvalue weighted by Crippen LogP contribution is -2.57. The third kappa shape index (κ3) is 5.79. The molecule has 7 heteroatoms. The molecule has 4 rings (SSSR count). The molecular formula is C29H40N4O3. The molecule has 1 saturated carbocycles. The summed E-state index contributed by atoms with van der Waals surface area (Å²) in [6.07, 6.45) is 8.28. The van der Waals surface area contributed by atoms with Crippen LogP contribution in [0.15, 0.2) is 48.8 Å². The SMILES string of the molecule is CC1(C(=O)N(c2ccc(C(C)(C)C)cc2)C(C(=O)NC2CCCCC2)c2cccnc2)CC(O)CN1. The van der Waals surface area contributed by atoms with Gasteiger partial charge in [-0.1, -0.05) is 58.2 Å². The number of rotatable bonds is 6. The van der Waals surface area contributed by atoms with Gasteiger partial charge in [0.25, 0.3) is 0 Å². The van der Waals surface area contributed by atoms with Gasteiger partial charge in [0.05, 0.1) is 11.6 Å². The van der Waals surface area contributed by atoms with Crippen molar-refractivity contribution in [2.45, 2.75) is 95.4 Å². The largest absolute Gasteiger partial charge is 0.392 e. The zero-order valence-electron chi connectivity index (χ0n) is 22.0. The predicted octanol–water partition coefficient (Wildman–Crippen LogP) is 4.02. The first kappa shape index (κ1) is 26.3. The quantitative estimate of drug-likeness (QED) is 0.566. The number of amides is 2. The summed E-state index contributed by atoms with van der Waals surface area (Å²) in [7, 11) is 0. The Morgan fingerprint density at radius 1 is 1.14 bits per heavy atom. The van der Waals surface area contributed by atoms with Crippen molar-refractivity contribution < 1.29 is 14.7 Å². The number of aromatic nitrogens is 1. The third-order valence-corrected chi connectivity index (χ3v) is 7.53. The Balaban J connectivity index is 1.78. The normalized spacial score (nSPS) is 23.8. The number of benzene rings is 1. The molecule has 1 aromatic carbocycles. The summed E-state index contributed by atoms with van der Waals surface area (Å²) in [4.78, 5) is 34.1. The van der Waals surface area contributed by atoms with E-state index in [2.05, 4.69) is 36.4 Å². The maximum Gasteiger partial charge on any atom is 0.248 e. The minimum Gasteiger partial charge on any atom is -0.392 e. The summed E-state index contributed by atoms with van der Waals surface area (Å²) >= 11 is 0. The van der Waals surface area contributed by atoms with Gasteiger partial charge in [-0.05, 0) is 48.9 Å². The van der Waals surface area contributed by atoms with Crippen LogP contribution in [-0.2, 0) is 15.0 Å². The smallest absolute Gasteiger partial charge is 0.248 e. The highest BCUT2D eigenvalue weighted by Gasteiger charge is 2.46. The number of nitrogens with zero attached hydrogens (tertiary/aromatic N) is 2. The third-order valence-electron chi connectivity index (χ3n) is 7.53. The molecule has 1 aliphatic carbocycles. The Morgan fingerprint density at radius 2 is 1.83 bits per heavy atom. The van der Waals surface area contributed by atoms with E-state index in [-0.39, 0.29) is 29.7 Å². The number of aliphatic hydroxyl groups excluding tert-OH is 1. The monoisotopic (exact) mass is 492 g/mol. The molecular weight excluding hydrogens is 452 g/mol. The van der Waals surface area contributed by atoms with Crippen molar-refractivity contribution in [2.75, 3.05) is 11.4 Å². The molecule has 2 aliphatic rings. The predicted molar refractivity (Wildman–Crippen MR) is 142 cm³/mol. The summed E-state index contributed by atoms with van der Waals surface area (Å²) in [5, 5.41) is 16.7. The molecule has 2 aromatic rings. The van der Waals surface area contributed by atoms with Crippen LogP contribution >= 0.6 is 0 Å². The summed E-state index contributed by atoms with van der Waals surface area (Å²) in [5.41, 5.74) is 1.40. The van der Waals surface area contributed by atoms with Crippen LogP contribution < -0.4 is 15.5 Å². The van der Waals surface area contributed by atoms with Crippen LogP contribution in [-0.4, -0.2) is 46.1 Å². The highest BCUT2D eigenvalue weighted by atomic mass is 16.3. The summed E-state index contributed by atoms with van der Waals surface area (Å²) in [6, 6.07) is 10.7. The highest BCUT2D eigenvalue weighted by molar-refractivity contribution is 6.05. The van der Waals surface area contributed by atoms with Gasteiger partial charge in [0.2, 0.25) is 11.8 Å². The van der Waals surface area contributed by atoms with Gasteiger partial charge in [-0.3, -0.25) is 19.5 Å². The number of pyridine rings is 1. The molecule has 3 N–H and O–H groups in total. The van der Waals surface area contributed by atoms with E-state index in [4.69, 9.17) is 0 Å². The molecule has 1 aliphatic heterocycles. The van der Waals surface area contributed by atoms with E-state index >= 15 is 0 Å². The van der Waals surface area contributed by atoms with Crippen molar-refractivity contribution >= 4 is 17.5 Å². The van der Waals surface area contributed by atoms with Gasteiger partial charge in [-0.25, -0.2) is 0 Å². The summed E-state index contributed by atoms with van der Waals surface area (Å²) in [5.74, 6) is -0.444. The van der Waals surface area contributed by atoms with Crippen molar-refractivity contribution in [3.63, 3.8) is 0 Å². The van der Waals surface area contributed by atoms with Gasteiger partial charge in [-0.15, -0.1) is 0 Å². The van der Waals surface area contributed by atoms with Crippen molar-refractivity contribution in [3.8, 4) is 0 Å². The Hall–Kier alpha value is -2.77. The van der Waals surface area contributed by atoms with Crippen LogP contribution in [0.1, 0.15) is 83.4 Å². The lowest BCUT2D eigenvalue weighted by molar-refractivity contribution is -0.129. The van der Waals surface area contributed by atoms with Crippen molar-refractivity contribution in [1.29, 1.82) is 0 Å². The standard InChI is InChI=1S/C29H40N4O3/c1-28(2,3)21-12-14-23(15-13-21)33(27(36)29(4)17-24(34)19-31-29)25(20-9-8-16-30-18-20)26(35)32-22-10-6-5-7-11-22/h8-9,12-16,18,22,24-25,31,34H,5-7,10-11,17,19H2,1-4H3,(H,32,35). The maximum atomic E-state index is 14.3. The first-order chi connectivity index (χ1) is 17.1. The topological polar surface area (TPSA) is 94.6 Å². The van der Waals surface area contributed by atoms with Crippen LogP contribution in [0, 0.1) is 0 Å². The number of β-amino-alcohol motifs (C(OH)–C–C–N with tert-alkyl or cyclic N) is 1. The fourth-order valence-electron chi connectivity index (χ4n) is 5.38. The molecule has 2 fully saturated rings. The van der Waals surface area contributed by atoms with Crippen LogP contribution in [0.4, 0.5) is 5.69 Å². The van der Waals surface area contributed by atoms with E-state index in [1.54, 1.807) is 30.3 Å². The molecule has 3 atom stereocenters. The minimum absolute atomic E-state index is 0.0441. The molecule has 0 bridgehead atoms. The van der Waals surface area contributed by atoms with E-state index in [1.807, 2.05) is 30.3 Å². The van der Waals surface area contributed by atoms with Gasteiger partial charge in [-0.2, -0.15) is 0 Å². The fraction of sp³-hybridized carbons (Fsp3) is 0.552. The molecule has 1 aromatic heterocycles. The number of aliphatic hydroxyl groups is 1. The van der Waals surface area contributed by atoms with E-state index in [9.17, 15) is 14.7 Å². The van der Waals surface area contributed by atoms with E-state index in [1.165, 1.54) is 6.42 Å². The first-order valence-electron chi connectivity index (χ1n) is 13.2. The van der Waals surface area contributed by atoms with Gasteiger partial charge in [0, 0.05) is 42.7 Å². The number of carbonyl (C=O) groups excluding carboxylic acids is 2.